The van der Waals surface area contributed by atoms with E-state index in [0.29, 0.717) is 17.7 Å². The Morgan fingerprint density at radius 1 is 1.48 bits per heavy atom. The molecule has 1 N–H and O–H groups in total. The molecule has 1 atom stereocenters. The van der Waals surface area contributed by atoms with Gasteiger partial charge in [-0.2, -0.15) is 10.0 Å². The van der Waals surface area contributed by atoms with E-state index in [1.54, 1.807) is 6.07 Å². The monoisotopic (exact) mass is 347 g/mol. The number of amides is 2. The molecule has 9 nitrogen and oxygen atoms in total. The van der Waals surface area contributed by atoms with Gasteiger partial charge in [-0.05, 0) is 18.2 Å². The van der Waals surface area contributed by atoms with Crippen molar-refractivity contribution in [3.8, 4) is 5.69 Å². The summed E-state index contributed by atoms with van der Waals surface area (Å²) in [5, 5.41) is 9.18. The number of nitrogens with zero attached hydrogens (tertiary/aromatic N) is 4. The maximum atomic E-state index is 14.4. The molecular weight excluding hydrogens is 333 g/mol. The summed E-state index contributed by atoms with van der Waals surface area (Å²) >= 11 is 0. The van der Waals surface area contributed by atoms with Crippen molar-refractivity contribution >= 4 is 18.2 Å². The van der Waals surface area contributed by atoms with E-state index in [4.69, 9.17) is 4.74 Å². The lowest BCUT2D eigenvalue weighted by Gasteiger charge is -2.14. The molecule has 3 rings (SSSR count). The summed E-state index contributed by atoms with van der Waals surface area (Å²) in [6.45, 7) is 0.345. The van der Waals surface area contributed by atoms with Crippen LogP contribution in [0.2, 0.25) is 0 Å². The number of anilines is 1. The third-order valence-corrected chi connectivity index (χ3v) is 3.68. The molecule has 1 aromatic heterocycles. The van der Waals surface area contributed by atoms with Gasteiger partial charge in [-0.25, -0.2) is 13.9 Å². The molecule has 2 aromatic rings. The Morgan fingerprint density at radius 3 is 3.04 bits per heavy atom. The summed E-state index contributed by atoms with van der Waals surface area (Å²) in [4.78, 5) is 33.8. The number of aromatic nitrogens is 2. The number of nitroso groups, excluding NO2 is 1. The van der Waals surface area contributed by atoms with E-state index in [9.17, 15) is 18.9 Å². The average Bonchev–Trinajstić information content (AvgIpc) is 3.20. The van der Waals surface area contributed by atoms with Crippen molar-refractivity contribution < 1.29 is 18.7 Å². The van der Waals surface area contributed by atoms with E-state index >= 15 is 0 Å². The minimum atomic E-state index is -0.608. The number of ether oxygens (including phenoxy) is 1. The zero-order chi connectivity index (χ0) is 17.8. The minimum Gasteiger partial charge on any atom is -0.442 e. The Hall–Kier alpha value is -3.30. The molecule has 0 saturated carbocycles. The Bertz CT molecular complexity index is 809. The lowest BCUT2D eigenvalue weighted by Crippen LogP contribution is -2.30. The highest BCUT2D eigenvalue weighted by Gasteiger charge is 2.32. The second kappa shape index (κ2) is 7.07. The quantitative estimate of drug-likeness (QED) is 0.601. The summed E-state index contributed by atoms with van der Waals surface area (Å²) in [5.74, 6) is -0.589. The fourth-order valence-electron chi connectivity index (χ4n) is 2.52. The van der Waals surface area contributed by atoms with Crippen LogP contribution in [0.3, 0.4) is 0 Å². The van der Waals surface area contributed by atoms with Crippen LogP contribution in [0.1, 0.15) is 5.56 Å². The van der Waals surface area contributed by atoms with Crippen molar-refractivity contribution in [2.75, 3.05) is 18.0 Å². The predicted octanol–water partition coefficient (Wildman–Crippen LogP) is 1.35. The van der Waals surface area contributed by atoms with Gasteiger partial charge in [-0.1, -0.05) is 5.18 Å². The van der Waals surface area contributed by atoms with Gasteiger partial charge >= 0.3 is 6.09 Å². The van der Waals surface area contributed by atoms with Gasteiger partial charge in [0.1, 0.15) is 18.3 Å². The van der Waals surface area contributed by atoms with Gasteiger partial charge in [0.2, 0.25) is 6.41 Å². The topological polar surface area (TPSA) is 106 Å². The van der Waals surface area contributed by atoms with Gasteiger partial charge in [0, 0.05) is 11.8 Å². The molecule has 1 aliphatic rings. The number of cyclic esters (lactones) is 1. The number of hydrogen-bond donors (Lipinski definition) is 1. The Balaban J connectivity index is 1.78. The van der Waals surface area contributed by atoms with Crippen molar-refractivity contribution in [1.29, 1.82) is 0 Å². The molecule has 1 saturated heterocycles. The molecule has 1 aliphatic heterocycles. The zero-order valence-electron chi connectivity index (χ0n) is 13.0. The van der Waals surface area contributed by atoms with Gasteiger partial charge in [0.25, 0.3) is 0 Å². The third kappa shape index (κ3) is 3.47. The number of carbonyl (C=O) groups is 2. The molecule has 2 amide bonds. The fraction of sp³-hybridized carbons (Fsp3) is 0.267. The SMILES string of the molecule is O=CNCC1CN(c2ccc(-n3cc(CN=O)cn3)c(F)c2)C(=O)O1. The van der Waals surface area contributed by atoms with Gasteiger partial charge in [0.15, 0.2) is 5.82 Å². The van der Waals surface area contributed by atoms with Crippen LogP contribution in [0.15, 0.2) is 35.8 Å². The van der Waals surface area contributed by atoms with Crippen LogP contribution >= 0.6 is 0 Å². The van der Waals surface area contributed by atoms with E-state index in [2.05, 4.69) is 15.6 Å². The highest BCUT2D eigenvalue weighted by molar-refractivity contribution is 5.89. The number of halogens is 1. The molecule has 1 unspecified atom stereocenters. The second-order valence-electron chi connectivity index (χ2n) is 5.36. The van der Waals surface area contributed by atoms with Crippen molar-refractivity contribution in [3.05, 3.63) is 46.9 Å². The number of rotatable bonds is 7. The lowest BCUT2D eigenvalue weighted by atomic mass is 10.2. The number of carbonyl (C=O) groups excluding carboxylic acids is 2. The largest absolute Gasteiger partial charge is 0.442 e. The highest BCUT2D eigenvalue weighted by Crippen LogP contribution is 2.25. The van der Waals surface area contributed by atoms with Crippen LogP contribution in [-0.4, -0.2) is 41.5 Å². The molecule has 2 heterocycles. The van der Waals surface area contributed by atoms with Crippen molar-refractivity contribution in [2.45, 2.75) is 12.6 Å². The summed E-state index contributed by atoms with van der Waals surface area (Å²) in [6.07, 6.45) is 2.35. The van der Waals surface area contributed by atoms with Crippen LogP contribution in [-0.2, 0) is 16.1 Å². The van der Waals surface area contributed by atoms with Crippen LogP contribution in [0.4, 0.5) is 14.9 Å². The minimum absolute atomic E-state index is 0.0461. The molecule has 0 aliphatic carbocycles. The van der Waals surface area contributed by atoms with E-state index in [0.717, 1.165) is 0 Å². The van der Waals surface area contributed by atoms with Gasteiger partial charge in [-0.15, -0.1) is 0 Å². The van der Waals surface area contributed by atoms with Gasteiger partial charge in [-0.3, -0.25) is 9.69 Å². The smallest absolute Gasteiger partial charge is 0.414 e. The third-order valence-electron chi connectivity index (χ3n) is 3.68. The molecule has 25 heavy (non-hydrogen) atoms. The van der Waals surface area contributed by atoms with Gasteiger partial charge in [0.05, 0.1) is 25.0 Å². The number of benzene rings is 1. The molecule has 1 aromatic carbocycles. The molecule has 1 fully saturated rings. The van der Waals surface area contributed by atoms with E-state index < -0.39 is 18.0 Å². The predicted molar refractivity (Wildman–Crippen MR) is 84.7 cm³/mol. The molecule has 10 heteroatoms. The highest BCUT2D eigenvalue weighted by atomic mass is 19.1. The lowest BCUT2D eigenvalue weighted by molar-refractivity contribution is -0.109. The maximum absolute atomic E-state index is 14.4. The molecule has 130 valence electrons. The molecular formula is C15H14FN5O4. The first-order valence-electron chi connectivity index (χ1n) is 7.40. The summed E-state index contributed by atoms with van der Waals surface area (Å²) in [5.41, 5.74) is 1.07. The zero-order valence-corrected chi connectivity index (χ0v) is 13.0. The molecule has 0 bridgehead atoms. The molecule has 0 spiro atoms. The Labute approximate surface area is 141 Å². The first kappa shape index (κ1) is 16.6. The van der Waals surface area contributed by atoms with E-state index in [-0.39, 0.29) is 25.3 Å². The molecule has 0 radical (unpaired) electrons. The first-order valence-corrected chi connectivity index (χ1v) is 7.40. The van der Waals surface area contributed by atoms with E-state index in [1.165, 1.54) is 34.1 Å². The maximum Gasteiger partial charge on any atom is 0.414 e. The average molecular weight is 347 g/mol. The van der Waals surface area contributed by atoms with Crippen molar-refractivity contribution in [2.24, 2.45) is 5.18 Å². The van der Waals surface area contributed by atoms with E-state index in [1.807, 2.05) is 0 Å². The Kier molecular flexibility index (Phi) is 4.68. The normalized spacial score (nSPS) is 16.6. The standard InChI is InChI=1S/C15H14FN5O4/c16-13-3-11(20-8-12(6-17-9-22)25-15(20)23)1-2-14(13)21-7-10(4-18-21)5-19-24/h1-4,7,9,12H,5-6,8H2,(H,17,22). The summed E-state index contributed by atoms with van der Waals surface area (Å²) in [6, 6.07) is 4.24. The number of hydrogen-bond acceptors (Lipinski definition) is 6. The van der Waals surface area contributed by atoms with Crippen LogP contribution in [0.5, 0.6) is 0 Å². The Morgan fingerprint density at radius 2 is 2.32 bits per heavy atom. The first-order chi connectivity index (χ1) is 12.1. The van der Waals surface area contributed by atoms with Gasteiger partial charge < -0.3 is 10.1 Å². The summed E-state index contributed by atoms with van der Waals surface area (Å²) < 4.78 is 20.8. The van der Waals surface area contributed by atoms with Crippen molar-refractivity contribution in [3.63, 3.8) is 0 Å². The second-order valence-corrected chi connectivity index (χ2v) is 5.36. The fourth-order valence-corrected chi connectivity index (χ4v) is 2.52. The van der Waals surface area contributed by atoms with Crippen LogP contribution < -0.4 is 10.2 Å². The van der Waals surface area contributed by atoms with Crippen LogP contribution in [0, 0.1) is 10.7 Å². The summed E-state index contributed by atoms with van der Waals surface area (Å²) in [7, 11) is 0. The number of nitrogens with one attached hydrogen (secondary N) is 1. The van der Waals surface area contributed by atoms with Crippen molar-refractivity contribution in [1.82, 2.24) is 15.1 Å². The van der Waals surface area contributed by atoms with Crippen LogP contribution in [0.25, 0.3) is 5.69 Å².